The van der Waals surface area contributed by atoms with Gasteiger partial charge in [0.15, 0.2) is 5.11 Å². The van der Waals surface area contributed by atoms with Gasteiger partial charge >= 0.3 is 0 Å². The third-order valence-electron chi connectivity index (χ3n) is 4.04. The molecule has 29 heavy (non-hydrogen) atoms. The summed E-state index contributed by atoms with van der Waals surface area (Å²) in [5.41, 5.74) is 2.44. The number of rotatable bonds is 7. The molecule has 1 aromatic heterocycles. The van der Waals surface area contributed by atoms with Gasteiger partial charge in [-0.05, 0) is 65.8 Å². The van der Waals surface area contributed by atoms with Crippen molar-refractivity contribution in [2.45, 2.75) is 18.0 Å². The number of aromatic nitrogens is 1. The molecular formula is C20H19ClN4O2S2. The number of benzene rings is 2. The van der Waals surface area contributed by atoms with E-state index in [9.17, 15) is 8.42 Å². The molecule has 0 fully saturated rings. The van der Waals surface area contributed by atoms with Crippen molar-refractivity contribution in [1.29, 1.82) is 0 Å². The summed E-state index contributed by atoms with van der Waals surface area (Å²) in [4.78, 5) is 4.12. The van der Waals surface area contributed by atoms with E-state index in [1.807, 2.05) is 18.2 Å². The Bertz CT molecular complexity index is 1080. The summed E-state index contributed by atoms with van der Waals surface area (Å²) in [5, 5.41) is 7.07. The first-order valence-electron chi connectivity index (χ1n) is 8.71. The minimum atomic E-state index is -3.66. The Kier molecular flexibility index (Phi) is 7.16. The fourth-order valence-electron chi connectivity index (χ4n) is 2.47. The Balaban J connectivity index is 1.56. The van der Waals surface area contributed by atoms with E-state index in [4.69, 9.17) is 23.8 Å². The van der Waals surface area contributed by atoms with E-state index in [1.54, 1.807) is 42.7 Å². The molecule has 0 atom stereocenters. The molecule has 0 aliphatic heterocycles. The first-order chi connectivity index (χ1) is 13.9. The van der Waals surface area contributed by atoms with Crippen LogP contribution in [0.1, 0.15) is 11.1 Å². The highest BCUT2D eigenvalue weighted by atomic mass is 35.5. The predicted molar refractivity (Wildman–Crippen MR) is 119 cm³/mol. The quantitative estimate of drug-likeness (QED) is 0.480. The molecule has 3 N–H and O–H groups in total. The van der Waals surface area contributed by atoms with Crippen molar-refractivity contribution < 1.29 is 8.42 Å². The third kappa shape index (κ3) is 6.23. The SMILES string of the molecule is O=S(=O)(NCc1ccccc1Cl)c1ccc(NC(=S)NCc2ccncc2)cc1. The van der Waals surface area contributed by atoms with Crippen LogP contribution in [0.2, 0.25) is 5.02 Å². The molecule has 0 aliphatic carbocycles. The van der Waals surface area contributed by atoms with Gasteiger partial charge in [-0.1, -0.05) is 29.8 Å². The highest BCUT2D eigenvalue weighted by Crippen LogP contribution is 2.17. The molecule has 3 aromatic rings. The van der Waals surface area contributed by atoms with Crippen molar-refractivity contribution in [1.82, 2.24) is 15.0 Å². The van der Waals surface area contributed by atoms with Gasteiger partial charge in [-0.2, -0.15) is 0 Å². The van der Waals surface area contributed by atoms with Crippen LogP contribution in [0, 0.1) is 0 Å². The normalized spacial score (nSPS) is 11.1. The van der Waals surface area contributed by atoms with Crippen LogP contribution >= 0.6 is 23.8 Å². The number of halogens is 1. The summed E-state index contributed by atoms with van der Waals surface area (Å²) in [6.45, 7) is 0.678. The molecule has 150 valence electrons. The third-order valence-corrected chi connectivity index (χ3v) is 6.07. The zero-order valence-electron chi connectivity index (χ0n) is 15.3. The molecule has 0 radical (unpaired) electrons. The number of sulfonamides is 1. The van der Waals surface area contributed by atoms with Crippen molar-refractivity contribution in [3.63, 3.8) is 0 Å². The van der Waals surface area contributed by atoms with Crippen molar-refractivity contribution in [3.8, 4) is 0 Å². The van der Waals surface area contributed by atoms with Gasteiger partial charge in [0.1, 0.15) is 0 Å². The van der Waals surface area contributed by atoms with Gasteiger partial charge in [0.25, 0.3) is 0 Å². The van der Waals surface area contributed by atoms with Crippen LogP contribution in [0.25, 0.3) is 0 Å². The van der Waals surface area contributed by atoms with Crippen LogP contribution in [0.15, 0.2) is 78.0 Å². The topological polar surface area (TPSA) is 83.1 Å². The lowest BCUT2D eigenvalue weighted by Gasteiger charge is -2.12. The maximum absolute atomic E-state index is 12.5. The Morgan fingerprint density at radius 3 is 2.34 bits per heavy atom. The van der Waals surface area contributed by atoms with Crippen LogP contribution < -0.4 is 15.4 Å². The maximum Gasteiger partial charge on any atom is 0.240 e. The Morgan fingerprint density at radius 1 is 0.966 bits per heavy atom. The van der Waals surface area contributed by atoms with Crippen molar-refractivity contribution in [2.24, 2.45) is 0 Å². The Labute approximate surface area is 180 Å². The second-order valence-corrected chi connectivity index (χ2v) is 8.69. The first-order valence-corrected chi connectivity index (χ1v) is 11.0. The zero-order valence-corrected chi connectivity index (χ0v) is 17.7. The molecule has 2 aromatic carbocycles. The summed E-state index contributed by atoms with van der Waals surface area (Å²) >= 11 is 11.3. The lowest BCUT2D eigenvalue weighted by Crippen LogP contribution is -2.28. The van der Waals surface area contributed by atoms with Gasteiger partial charge in [0, 0.05) is 36.2 Å². The smallest absolute Gasteiger partial charge is 0.240 e. The van der Waals surface area contributed by atoms with E-state index in [0.29, 0.717) is 27.9 Å². The van der Waals surface area contributed by atoms with Crippen LogP contribution in [-0.2, 0) is 23.1 Å². The van der Waals surface area contributed by atoms with Crippen molar-refractivity contribution in [3.05, 3.63) is 89.2 Å². The van der Waals surface area contributed by atoms with Gasteiger partial charge in [-0.25, -0.2) is 13.1 Å². The lowest BCUT2D eigenvalue weighted by molar-refractivity contribution is 0.581. The number of thiocarbonyl (C=S) groups is 1. The van der Waals surface area contributed by atoms with Crippen molar-refractivity contribution >= 4 is 44.6 Å². The molecule has 9 heteroatoms. The van der Waals surface area contributed by atoms with Gasteiger partial charge in [0.2, 0.25) is 10.0 Å². The lowest BCUT2D eigenvalue weighted by atomic mass is 10.2. The second kappa shape index (κ2) is 9.80. The molecule has 6 nitrogen and oxygen atoms in total. The van der Waals surface area contributed by atoms with E-state index in [1.165, 1.54) is 12.1 Å². The maximum atomic E-state index is 12.5. The molecule has 0 saturated heterocycles. The molecule has 0 unspecified atom stereocenters. The molecule has 0 aliphatic rings. The summed E-state index contributed by atoms with van der Waals surface area (Å²) in [6, 6.07) is 17.2. The zero-order chi connectivity index (χ0) is 20.7. The van der Waals surface area contributed by atoms with Crippen LogP contribution in [0.3, 0.4) is 0 Å². The molecule has 1 heterocycles. The van der Waals surface area contributed by atoms with Crippen molar-refractivity contribution in [2.75, 3.05) is 5.32 Å². The number of nitrogens with zero attached hydrogens (tertiary/aromatic N) is 1. The average molecular weight is 447 g/mol. The fraction of sp³-hybridized carbons (Fsp3) is 0.100. The van der Waals surface area contributed by atoms with E-state index in [-0.39, 0.29) is 11.4 Å². The molecule has 0 spiro atoms. The second-order valence-electron chi connectivity index (χ2n) is 6.10. The molecule has 3 rings (SSSR count). The van der Waals surface area contributed by atoms with E-state index >= 15 is 0 Å². The molecule has 0 saturated carbocycles. The fourth-order valence-corrected chi connectivity index (χ4v) is 3.87. The van der Waals surface area contributed by atoms with Gasteiger partial charge < -0.3 is 10.6 Å². The highest BCUT2D eigenvalue weighted by Gasteiger charge is 2.14. The number of nitrogens with one attached hydrogen (secondary N) is 3. The Hall–Kier alpha value is -2.52. The largest absolute Gasteiger partial charge is 0.358 e. The predicted octanol–water partition coefficient (Wildman–Crippen LogP) is 3.70. The average Bonchev–Trinajstić information content (AvgIpc) is 2.73. The molecule has 0 amide bonds. The number of anilines is 1. The number of hydrogen-bond acceptors (Lipinski definition) is 4. The standard InChI is InChI=1S/C20H19ClN4O2S2/c21-19-4-2-1-3-16(19)14-24-29(26,27)18-7-5-17(6-8-18)25-20(28)23-13-15-9-11-22-12-10-15/h1-12,24H,13-14H2,(H2,23,25,28). The van der Waals surface area contributed by atoms with Gasteiger partial charge in [0.05, 0.1) is 4.90 Å². The number of hydrogen-bond donors (Lipinski definition) is 3. The van der Waals surface area contributed by atoms with E-state index in [2.05, 4.69) is 20.3 Å². The molecule has 0 bridgehead atoms. The minimum Gasteiger partial charge on any atom is -0.358 e. The first kappa shape index (κ1) is 21.2. The summed E-state index contributed by atoms with van der Waals surface area (Å²) in [7, 11) is -3.66. The number of pyridine rings is 1. The monoisotopic (exact) mass is 446 g/mol. The summed E-state index contributed by atoms with van der Waals surface area (Å²) < 4.78 is 27.5. The van der Waals surface area contributed by atoms with Crippen LogP contribution in [0.4, 0.5) is 5.69 Å². The van der Waals surface area contributed by atoms with E-state index in [0.717, 1.165) is 5.56 Å². The van der Waals surface area contributed by atoms with Crippen LogP contribution in [-0.4, -0.2) is 18.5 Å². The van der Waals surface area contributed by atoms with Crippen LogP contribution in [0.5, 0.6) is 0 Å². The summed E-state index contributed by atoms with van der Waals surface area (Å²) in [5.74, 6) is 0. The van der Waals surface area contributed by atoms with E-state index < -0.39 is 10.0 Å². The van der Waals surface area contributed by atoms with Gasteiger partial charge in [-0.3, -0.25) is 4.98 Å². The summed E-state index contributed by atoms with van der Waals surface area (Å²) in [6.07, 6.45) is 3.43. The Morgan fingerprint density at radius 2 is 1.66 bits per heavy atom. The highest BCUT2D eigenvalue weighted by molar-refractivity contribution is 7.89. The molecular weight excluding hydrogens is 428 g/mol. The minimum absolute atomic E-state index is 0.116. The van der Waals surface area contributed by atoms with Gasteiger partial charge in [-0.15, -0.1) is 0 Å².